The first-order chi connectivity index (χ1) is 11.1. The molecule has 2 aromatic carbocycles. The highest BCUT2D eigenvalue weighted by molar-refractivity contribution is 9.10. The van der Waals surface area contributed by atoms with E-state index in [1.165, 1.54) is 0 Å². The number of anilines is 1. The fraction of sp³-hybridized carbons (Fsp3) is 0.188. The predicted molar refractivity (Wildman–Crippen MR) is 95.4 cm³/mol. The second kappa shape index (κ2) is 6.64. The zero-order valence-corrected chi connectivity index (χ0v) is 15.0. The van der Waals surface area contributed by atoms with Gasteiger partial charge < -0.3 is 10.1 Å². The summed E-state index contributed by atoms with van der Waals surface area (Å²) in [4.78, 5) is 12.5. The Morgan fingerprint density at radius 1 is 1.30 bits per heavy atom. The van der Waals surface area contributed by atoms with Crippen molar-refractivity contribution in [3.63, 3.8) is 0 Å². The summed E-state index contributed by atoms with van der Waals surface area (Å²) in [6, 6.07) is 9.08. The first-order valence-corrected chi connectivity index (χ1v) is 8.58. The molecule has 0 bridgehead atoms. The number of nitrogens with zero attached hydrogens (tertiary/aromatic N) is 2. The molecule has 3 aromatic rings. The third-order valence-corrected chi connectivity index (χ3v) is 4.53. The zero-order chi connectivity index (χ0) is 16.4. The predicted octanol–water partition coefficient (Wildman–Crippen LogP) is 4.41. The molecule has 1 amide bonds. The van der Waals surface area contributed by atoms with Gasteiger partial charge in [0.15, 0.2) is 0 Å². The SMILES string of the molecule is CCOc1ccc(C(=O)Nc2c(C)ccc3nsnc23)cc1Br. The Bertz CT molecular complexity index is 879. The molecule has 0 aliphatic carbocycles. The van der Waals surface area contributed by atoms with Crippen molar-refractivity contribution in [3.05, 3.63) is 45.9 Å². The van der Waals surface area contributed by atoms with Crippen LogP contribution in [0.1, 0.15) is 22.8 Å². The minimum Gasteiger partial charge on any atom is -0.493 e. The quantitative estimate of drug-likeness (QED) is 0.714. The number of nitrogens with one attached hydrogen (secondary N) is 1. The Balaban J connectivity index is 1.90. The molecule has 0 spiro atoms. The molecule has 3 rings (SSSR count). The normalized spacial score (nSPS) is 10.7. The summed E-state index contributed by atoms with van der Waals surface area (Å²) in [6.45, 7) is 4.42. The molecule has 0 saturated heterocycles. The maximum atomic E-state index is 12.5. The number of rotatable bonds is 4. The number of aromatic nitrogens is 2. The van der Waals surface area contributed by atoms with E-state index in [9.17, 15) is 4.79 Å². The van der Waals surface area contributed by atoms with Gasteiger partial charge >= 0.3 is 0 Å². The van der Waals surface area contributed by atoms with Crippen LogP contribution in [0.25, 0.3) is 11.0 Å². The van der Waals surface area contributed by atoms with Gasteiger partial charge in [-0.05, 0) is 59.6 Å². The molecule has 1 aromatic heterocycles. The van der Waals surface area contributed by atoms with Crippen LogP contribution < -0.4 is 10.1 Å². The maximum absolute atomic E-state index is 12.5. The van der Waals surface area contributed by atoms with Crippen molar-refractivity contribution in [3.8, 4) is 5.75 Å². The van der Waals surface area contributed by atoms with Crippen molar-refractivity contribution in [2.75, 3.05) is 11.9 Å². The number of ether oxygens (including phenoxy) is 1. The molecule has 0 fully saturated rings. The number of carbonyl (C=O) groups excluding carboxylic acids is 1. The molecular weight excluding hydrogens is 378 g/mol. The van der Waals surface area contributed by atoms with Crippen molar-refractivity contribution in [1.29, 1.82) is 0 Å². The number of carbonyl (C=O) groups is 1. The van der Waals surface area contributed by atoms with Crippen LogP contribution in [0.5, 0.6) is 5.75 Å². The molecule has 5 nitrogen and oxygen atoms in total. The monoisotopic (exact) mass is 391 g/mol. The van der Waals surface area contributed by atoms with Crippen LogP contribution in [0.3, 0.4) is 0 Å². The number of amides is 1. The Hall–Kier alpha value is -1.99. The van der Waals surface area contributed by atoms with Gasteiger partial charge in [0, 0.05) is 5.56 Å². The first-order valence-electron chi connectivity index (χ1n) is 7.05. The molecule has 0 aliphatic heterocycles. The molecule has 1 N–H and O–H groups in total. The molecular formula is C16H14BrN3O2S. The van der Waals surface area contributed by atoms with Gasteiger partial charge in [0.1, 0.15) is 16.8 Å². The van der Waals surface area contributed by atoms with Crippen LogP contribution >= 0.6 is 27.7 Å². The number of halogens is 1. The summed E-state index contributed by atoms with van der Waals surface area (Å²) in [5, 5.41) is 2.94. The van der Waals surface area contributed by atoms with Crippen molar-refractivity contribution in [2.24, 2.45) is 0 Å². The lowest BCUT2D eigenvalue weighted by molar-refractivity contribution is 0.102. The lowest BCUT2D eigenvalue weighted by atomic mass is 10.1. The van der Waals surface area contributed by atoms with Gasteiger partial charge in [0.05, 0.1) is 28.5 Å². The summed E-state index contributed by atoms with van der Waals surface area (Å²) in [5.74, 6) is 0.517. The summed E-state index contributed by atoms with van der Waals surface area (Å²) < 4.78 is 14.7. The molecule has 0 atom stereocenters. The highest BCUT2D eigenvalue weighted by atomic mass is 79.9. The largest absolute Gasteiger partial charge is 0.493 e. The van der Waals surface area contributed by atoms with Gasteiger partial charge in [0.25, 0.3) is 5.91 Å². The Labute approximate surface area is 146 Å². The van der Waals surface area contributed by atoms with Gasteiger partial charge in [0.2, 0.25) is 0 Å². The fourth-order valence-electron chi connectivity index (χ4n) is 2.21. The second-order valence-corrected chi connectivity index (χ2v) is 6.30. The lowest BCUT2D eigenvalue weighted by Crippen LogP contribution is -2.13. The van der Waals surface area contributed by atoms with Crippen molar-refractivity contribution in [2.45, 2.75) is 13.8 Å². The third kappa shape index (κ3) is 3.20. The fourth-order valence-corrected chi connectivity index (χ4v) is 3.25. The van der Waals surface area contributed by atoms with E-state index < -0.39 is 0 Å². The van der Waals surface area contributed by atoms with Gasteiger partial charge in [-0.1, -0.05) is 6.07 Å². The minimum absolute atomic E-state index is 0.197. The average molecular weight is 392 g/mol. The van der Waals surface area contributed by atoms with E-state index in [2.05, 4.69) is 30.0 Å². The molecule has 0 saturated carbocycles. The molecule has 1 heterocycles. The van der Waals surface area contributed by atoms with Gasteiger partial charge in [-0.15, -0.1) is 0 Å². The summed E-state index contributed by atoms with van der Waals surface area (Å²) in [6.07, 6.45) is 0. The topological polar surface area (TPSA) is 64.1 Å². The van der Waals surface area contributed by atoms with E-state index >= 15 is 0 Å². The Kier molecular flexibility index (Phi) is 4.58. The number of benzene rings is 2. The molecule has 0 aliphatic rings. The standard InChI is InChI=1S/C16H14BrN3O2S/c1-3-22-13-7-5-10(8-11(13)17)16(21)18-14-9(2)4-6-12-15(14)20-23-19-12/h4-8H,3H2,1-2H3,(H,18,21). The van der Waals surface area contributed by atoms with Crippen LogP contribution in [-0.2, 0) is 0 Å². The van der Waals surface area contributed by atoms with Crippen molar-refractivity contribution < 1.29 is 9.53 Å². The van der Waals surface area contributed by atoms with E-state index in [4.69, 9.17) is 4.74 Å². The minimum atomic E-state index is -0.197. The third-order valence-electron chi connectivity index (χ3n) is 3.37. The molecule has 0 unspecified atom stereocenters. The number of fused-ring (bicyclic) bond motifs is 1. The van der Waals surface area contributed by atoms with Crippen molar-refractivity contribution >= 4 is 50.3 Å². The van der Waals surface area contributed by atoms with Crippen LogP contribution in [0.2, 0.25) is 0 Å². The van der Waals surface area contributed by atoms with E-state index in [1.54, 1.807) is 18.2 Å². The van der Waals surface area contributed by atoms with Gasteiger partial charge in [-0.2, -0.15) is 8.75 Å². The van der Waals surface area contributed by atoms with Crippen LogP contribution in [0.15, 0.2) is 34.8 Å². The zero-order valence-electron chi connectivity index (χ0n) is 12.6. The molecule has 118 valence electrons. The summed E-state index contributed by atoms with van der Waals surface area (Å²) in [7, 11) is 0. The number of hydrogen-bond donors (Lipinski definition) is 1. The number of hydrogen-bond acceptors (Lipinski definition) is 5. The van der Waals surface area contributed by atoms with Crippen LogP contribution in [-0.4, -0.2) is 21.3 Å². The van der Waals surface area contributed by atoms with E-state index in [0.29, 0.717) is 29.1 Å². The molecule has 23 heavy (non-hydrogen) atoms. The average Bonchev–Trinajstić information content (AvgIpc) is 3.01. The van der Waals surface area contributed by atoms with E-state index in [0.717, 1.165) is 27.3 Å². The van der Waals surface area contributed by atoms with Gasteiger partial charge in [-0.25, -0.2) is 0 Å². The second-order valence-electron chi connectivity index (χ2n) is 4.92. The maximum Gasteiger partial charge on any atom is 0.255 e. The first kappa shape index (κ1) is 15.9. The summed E-state index contributed by atoms with van der Waals surface area (Å²) >= 11 is 4.56. The van der Waals surface area contributed by atoms with E-state index in [1.807, 2.05) is 26.0 Å². The highest BCUT2D eigenvalue weighted by Gasteiger charge is 2.14. The van der Waals surface area contributed by atoms with Crippen LogP contribution in [0, 0.1) is 6.92 Å². The molecule has 7 heteroatoms. The van der Waals surface area contributed by atoms with Gasteiger partial charge in [-0.3, -0.25) is 4.79 Å². The lowest BCUT2D eigenvalue weighted by Gasteiger charge is -2.10. The molecule has 0 radical (unpaired) electrons. The van der Waals surface area contributed by atoms with Crippen LogP contribution in [0.4, 0.5) is 5.69 Å². The number of aryl methyl sites for hydroxylation is 1. The smallest absolute Gasteiger partial charge is 0.255 e. The van der Waals surface area contributed by atoms with Crippen molar-refractivity contribution in [1.82, 2.24) is 8.75 Å². The van der Waals surface area contributed by atoms with E-state index in [-0.39, 0.29) is 5.91 Å². The Morgan fingerprint density at radius 3 is 2.87 bits per heavy atom. The Morgan fingerprint density at radius 2 is 2.13 bits per heavy atom. The highest BCUT2D eigenvalue weighted by Crippen LogP contribution is 2.28. The summed E-state index contributed by atoms with van der Waals surface area (Å²) in [5.41, 5.74) is 3.69.